The van der Waals surface area contributed by atoms with E-state index >= 15 is 0 Å². The van der Waals surface area contributed by atoms with Crippen LogP contribution in [0.3, 0.4) is 0 Å². The SMILES string of the molecule is Cc1cc2c3c(c1)N(c1cccc4c1-c1ccccc1C4(C)C)c1cc(N4c5ccccc5C5(C)CCCCC45C)ccc1B3c1cc(C(C)(C)C)ccc1N2c1ccc(C(C)(C)C)cc1. The summed E-state index contributed by atoms with van der Waals surface area (Å²) in [5.74, 6) is 0. The summed E-state index contributed by atoms with van der Waals surface area (Å²) in [6.45, 7) is 26.3. The normalized spacial score (nSPS) is 20.8. The zero-order chi connectivity index (χ0) is 45.9. The number of para-hydroxylation sites is 1. The molecule has 0 saturated heterocycles. The number of rotatable bonds is 3. The van der Waals surface area contributed by atoms with Gasteiger partial charge in [0.2, 0.25) is 0 Å². The van der Waals surface area contributed by atoms with Gasteiger partial charge in [-0.05, 0) is 147 Å². The first-order valence-electron chi connectivity index (χ1n) is 24.7. The van der Waals surface area contributed by atoms with Crippen LogP contribution in [-0.2, 0) is 21.7 Å². The highest BCUT2D eigenvalue weighted by atomic mass is 15.3. The van der Waals surface area contributed by atoms with E-state index in [-0.39, 0.29) is 33.9 Å². The number of fused-ring (bicyclic) bond motifs is 10. The Morgan fingerprint density at radius 2 is 1.11 bits per heavy atom. The number of anilines is 8. The Morgan fingerprint density at radius 3 is 1.85 bits per heavy atom. The minimum atomic E-state index is -0.130. The first kappa shape index (κ1) is 41.4. The molecule has 0 N–H and O–H groups in total. The van der Waals surface area contributed by atoms with E-state index in [0.29, 0.717) is 0 Å². The van der Waals surface area contributed by atoms with Crippen LogP contribution in [0.4, 0.5) is 45.5 Å². The van der Waals surface area contributed by atoms with Crippen molar-refractivity contribution < 1.29 is 0 Å². The smallest absolute Gasteiger partial charge is 0.252 e. The summed E-state index contributed by atoms with van der Waals surface area (Å²) < 4.78 is 0. The highest BCUT2D eigenvalue weighted by molar-refractivity contribution is 7.00. The van der Waals surface area contributed by atoms with Crippen molar-refractivity contribution in [2.24, 2.45) is 0 Å². The topological polar surface area (TPSA) is 9.72 Å². The van der Waals surface area contributed by atoms with Crippen LogP contribution in [0.1, 0.15) is 128 Å². The molecule has 66 heavy (non-hydrogen) atoms. The van der Waals surface area contributed by atoms with Crippen LogP contribution in [0, 0.1) is 6.92 Å². The predicted molar refractivity (Wildman–Crippen MR) is 283 cm³/mol. The lowest BCUT2D eigenvalue weighted by atomic mass is 9.33. The van der Waals surface area contributed by atoms with Crippen LogP contribution in [0.2, 0.25) is 0 Å². The Bertz CT molecular complexity index is 3160. The third-order valence-corrected chi connectivity index (χ3v) is 17.2. The Kier molecular flexibility index (Phi) is 8.65. The van der Waals surface area contributed by atoms with E-state index in [2.05, 4.69) is 230 Å². The quantitative estimate of drug-likeness (QED) is 0.164. The van der Waals surface area contributed by atoms with E-state index in [1.807, 2.05) is 0 Å². The van der Waals surface area contributed by atoms with E-state index in [1.54, 1.807) is 0 Å². The predicted octanol–water partition coefficient (Wildman–Crippen LogP) is 14.7. The van der Waals surface area contributed by atoms with Crippen molar-refractivity contribution >= 4 is 68.6 Å². The highest BCUT2D eigenvalue weighted by Crippen LogP contribution is 2.62. The highest BCUT2D eigenvalue weighted by Gasteiger charge is 2.58. The Balaban J connectivity index is 1.17. The van der Waals surface area contributed by atoms with Crippen LogP contribution in [0.5, 0.6) is 0 Å². The maximum Gasteiger partial charge on any atom is 0.252 e. The van der Waals surface area contributed by atoms with Crippen LogP contribution in [0.25, 0.3) is 11.1 Å². The molecule has 2 aliphatic carbocycles. The second kappa shape index (κ2) is 13.8. The molecule has 3 nitrogen and oxygen atoms in total. The fraction of sp³-hybridized carbons (Fsp3) is 0.323. The first-order chi connectivity index (χ1) is 31.4. The van der Waals surface area contributed by atoms with Gasteiger partial charge >= 0.3 is 0 Å². The van der Waals surface area contributed by atoms with E-state index in [1.165, 1.54) is 132 Å². The molecule has 3 heterocycles. The number of hydrogen-bond donors (Lipinski definition) is 0. The molecule has 1 saturated carbocycles. The fourth-order valence-electron chi connectivity index (χ4n) is 13.4. The number of benzene rings is 7. The first-order valence-corrected chi connectivity index (χ1v) is 24.7. The Morgan fingerprint density at radius 1 is 0.485 bits per heavy atom. The molecule has 5 aliphatic rings. The largest absolute Gasteiger partial charge is 0.334 e. The molecule has 2 unspecified atom stereocenters. The van der Waals surface area contributed by atoms with Crippen molar-refractivity contribution in [3.63, 3.8) is 0 Å². The summed E-state index contributed by atoms with van der Waals surface area (Å²) in [6, 6.07) is 54.9. The van der Waals surface area contributed by atoms with Gasteiger partial charge in [0.1, 0.15) is 0 Å². The van der Waals surface area contributed by atoms with Crippen molar-refractivity contribution in [3.8, 4) is 11.1 Å². The molecular weight excluding hydrogens is 798 g/mol. The Labute approximate surface area is 394 Å². The molecule has 0 bridgehead atoms. The van der Waals surface area contributed by atoms with Crippen molar-refractivity contribution in [1.82, 2.24) is 0 Å². The van der Waals surface area contributed by atoms with Gasteiger partial charge in [-0.2, -0.15) is 0 Å². The zero-order valence-corrected chi connectivity index (χ0v) is 41.0. The second-order valence-corrected chi connectivity index (χ2v) is 23.4. The van der Waals surface area contributed by atoms with E-state index < -0.39 is 0 Å². The molecule has 7 aromatic carbocycles. The fourth-order valence-corrected chi connectivity index (χ4v) is 13.4. The summed E-state index contributed by atoms with van der Waals surface area (Å²) in [7, 11) is 0. The summed E-state index contributed by atoms with van der Waals surface area (Å²) in [4.78, 5) is 8.04. The monoisotopic (exact) mass is 862 g/mol. The zero-order valence-electron chi connectivity index (χ0n) is 41.0. The van der Waals surface area contributed by atoms with Gasteiger partial charge in [-0.15, -0.1) is 0 Å². The molecule has 0 aromatic heterocycles. The lowest BCUT2D eigenvalue weighted by Crippen LogP contribution is -2.61. The van der Waals surface area contributed by atoms with E-state index in [0.717, 1.165) is 0 Å². The molecule has 330 valence electrons. The lowest BCUT2D eigenvalue weighted by molar-refractivity contribution is 0.195. The maximum absolute atomic E-state index is 2.76. The molecule has 3 aliphatic heterocycles. The van der Waals surface area contributed by atoms with Crippen LogP contribution in [-0.4, -0.2) is 12.3 Å². The Hall–Kier alpha value is -6.00. The van der Waals surface area contributed by atoms with Gasteiger partial charge in [0.05, 0.1) is 11.2 Å². The van der Waals surface area contributed by atoms with Gasteiger partial charge in [-0.3, -0.25) is 0 Å². The van der Waals surface area contributed by atoms with Crippen molar-refractivity contribution in [2.45, 2.75) is 129 Å². The van der Waals surface area contributed by atoms with Gasteiger partial charge < -0.3 is 14.7 Å². The average Bonchev–Trinajstić information content (AvgIpc) is 3.65. The number of nitrogens with zero attached hydrogens (tertiary/aromatic N) is 3. The van der Waals surface area contributed by atoms with Gasteiger partial charge in [-0.1, -0.05) is 160 Å². The molecule has 12 rings (SSSR count). The third kappa shape index (κ3) is 5.57. The summed E-state index contributed by atoms with van der Waals surface area (Å²) >= 11 is 0. The number of aryl methyl sites for hydroxylation is 1. The average molecular weight is 862 g/mol. The molecular formula is C62H64BN3. The van der Waals surface area contributed by atoms with E-state index in [4.69, 9.17) is 0 Å². The molecule has 0 amide bonds. The molecule has 0 spiro atoms. The molecule has 0 radical (unpaired) electrons. The summed E-state index contributed by atoms with van der Waals surface area (Å²) in [5.41, 5.74) is 25.1. The molecule has 4 heteroatoms. The lowest BCUT2D eigenvalue weighted by Gasteiger charge is -2.50. The van der Waals surface area contributed by atoms with Crippen molar-refractivity contribution in [3.05, 3.63) is 173 Å². The van der Waals surface area contributed by atoms with Crippen LogP contribution < -0.4 is 31.1 Å². The van der Waals surface area contributed by atoms with Crippen molar-refractivity contribution in [2.75, 3.05) is 14.7 Å². The van der Waals surface area contributed by atoms with Gasteiger partial charge in [0, 0.05) is 56.2 Å². The minimum absolute atomic E-state index is 0.0198. The van der Waals surface area contributed by atoms with Gasteiger partial charge in [0.25, 0.3) is 6.71 Å². The standard InChI is InChI=1S/C62H64BN3/c1-39-35-54-57-55(36-39)65(52-24-18-22-47-56(52)44-19-12-13-20-45(44)60(47,8)9)53-38-43(66-50-23-15-14-21-46(50)61(10)33-16-17-34-62(61,66)11)30-31-48(53)63(57)49-37-41(59(5,6)7)27-32-51(49)64(54)42-28-25-40(26-29-42)58(2,3)4/h12-15,18-32,35-38H,16-17,33-34H2,1-11H3. The molecule has 2 atom stereocenters. The third-order valence-electron chi connectivity index (χ3n) is 17.2. The van der Waals surface area contributed by atoms with Gasteiger partial charge in [-0.25, -0.2) is 0 Å². The molecule has 1 fully saturated rings. The van der Waals surface area contributed by atoms with Crippen LogP contribution in [0.15, 0.2) is 140 Å². The summed E-state index contributed by atoms with van der Waals surface area (Å²) in [5, 5.41) is 0. The van der Waals surface area contributed by atoms with Crippen molar-refractivity contribution in [1.29, 1.82) is 0 Å². The summed E-state index contributed by atoms with van der Waals surface area (Å²) in [6.07, 6.45) is 4.90. The van der Waals surface area contributed by atoms with E-state index in [9.17, 15) is 0 Å². The van der Waals surface area contributed by atoms with Crippen LogP contribution >= 0.6 is 0 Å². The minimum Gasteiger partial charge on any atom is -0.334 e. The number of hydrogen-bond acceptors (Lipinski definition) is 3. The van der Waals surface area contributed by atoms with Gasteiger partial charge in [0.15, 0.2) is 0 Å². The molecule has 7 aromatic rings. The second-order valence-electron chi connectivity index (χ2n) is 23.4. The maximum atomic E-state index is 2.76.